The Morgan fingerprint density at radius 2 is 1.69 bits per heavy atom. The molecule has 0 unspecified atom stereocenters. The van der Waals surface area contributed by atoms with Crippen LogP contribution in [0.1, 0.15) is 42.5 Å². The highest BCUT2D eigenvalue weighted by Crippen LogP contribution is 2.23. The zero-order chi connectivity index (χ0) is 21.0. The van der Waals surface area contributed by atoms with Crippen molar-refractivity contribution in [2.45, 2.75) is 38.5 Å². The minimum absolute atomic E-state index is 0.00664. The van der Waals surface area contributed by atoms with E-state index in [1.165, 1.54) is 9.87 Å². The lowest BCUT2D eigenvalue weighted by Gasteiger charge is -2.31. The van der Waals surface area contributed by atoms with Gasteiger partial charge in [0.05, 0.1) is 11.8 Å². The Balaban J connectivity index is 1.53. The van der Waals surface area contributed by atoms with E-state index in [9.17, 15) is 13.2 Å². The van der Waals surface area contributed by atoms with Gasteiger partial charge in [-0.3, -0.25) is 4.79 Å². The van der Waals surface area contributed by atoms with Gasteiger partial charge in [-0.2, -0.15) is 0 Å². The van der Waals surface area contributed by atoms with E-state index in [2.05, 4.69) is 5.32 Å². The quantitative estimate of drug-likeness (QED) is 0.745. The van der Waals surface area contributed by atoms with Gasteiger partial charge in [-0.05, 0) is 49.9 Å². The first-order valence-corrected chi connectivity index (χ1v) is 11.8. The SMILES string of the molecule is Cc1ccc([C@H](C)NC(=O)C2CCN(S(=O)(=O)Cc3ccc(Cl)cc3)CC2)cc1. The van der Waals surface area contributed by atoms with Gasteiger partial charge in [0.1, 0.15) is 0 Å². The van der Waals surface area contributed by atoms with Crippen molar-refractivity contribution in [3.63, 3.8) is 0 Å². The summed E-state index contributed by atoms with van der Waals surface area (Å²) in [7, 11) is -3.41. The fraction of sp³-hybridized carbons (Fsp3) is 0.409. The van der Waals surface area contributed by atoms with Crippen LogP contribution in [-0.2, 0) is 20.6 Å². The standard InChI is InChI=1S/C22H27ClN2O3S/c1-16-3-7-19(8-4-16)17(2)24-22(26)20-11-13-25(14-12-20)29(27,28)15-18-5-9-21(23)10-6-18/h3-10,17,20H,11-15H2,1-2H3,(H,24,26)/t17-/m0/s1. The Kier molecular flexibility index (Phi) is 6.98. The van der Waals surface area contributed by atoms with Crippen LogP contribution in [0.2, 0.25) is 5.02 Å². The molecule has 0 saturated carbocycles. The van der Waals surface area contributed by atoms with Gasteiger partial charge in [-0.15, -0.1) is 0 Å². The number of nitrogens with one attached hydrogen (secondary N) is 1. The monoisotopic (exact) mass is 434 g/mol. The smallest absolute Gasteiger partial charge is 0.223 e. The molecule has 0 spiro atoms. The maximum Gasteiger partial charge on any atom is 0.223 e. The summed E-state index contributed by atoms with van der Waals surface area (Å²) in [5.74, 6) is -0.219. The summed E-state index contributed by atoms with van der Waals surface area (Å²) in [6, 6.07) is 14.9. The maximum absolute atomic E-state index is 12.7. The molecule has 1 N–H and O–H groups in total. The third-order valence-electron chi connectivity index (χ3n) is 5.42. The number of nitrogens with zero attached hydrogens (tertiary/aromatic N) is 1. The molecule has 1 atom stereocenters. The van der Waals surface area contributed by atoms with E-state index in [0.29, 0.717) is 36.5 Å². The lowest BCUT2D eigenvalue weighted by atomic mass is 9.96. The molecular weight excluding hydrogens is 408 g/mol. The van der Waals surface area contributed by atoms with E-state index in [0.717, 1.165) is 5.56 Å². The number of carbonyl (C=O) groups excluding carboxylic acids is 1. The lowest BCUT2D eigenvalue weighted by Crippen LogP contribution is -2.43. The summed E-state index contributed by atoms with van der Waals surface area (Å²) in [6.45, 7) is 4.73. The predicted molar refractivity (Wildman–Crippen MR) is 116 cm³/mol. The van der Waals surface area contributed by atoms with Crippen LogP contribution in [0.3, 0.4) is 0 Å². The number of rotatable bonds is 6. The topological polar surface area (TPSA) is 66.5 Å². The average Bonchev–Trinajstić information content (AvgIpc) is 2.70. The molecule has 0 radical (unpaired) electrons. The van der Waals surface area contributed by atoms with Gasteiger partial charge in [0.25, 0.3) is 0 Å². The molecule has 1 heterocycles. The Morgan fingerprint density at radius 1 is 1.10 bits per heavy atom. The Bertz CT molecular complexity index is 935. The summed E-state index contributed by atoms with van der Waals surface area (Å²) < 4.78 is 26.9. The summed E-state index contributed by atoms with van der Waals surface area (Å²) >= 11 is 5.86. The molecule has 5 nitrogen and oxygen atoms in total. The largest absolute Gasteiger partial charge is 0.349 e. The molecule has 1 aliphatic heterocycles. The highest BCUT2D eigenvalue weighted by Gasteiger charge is 2.31. The third kappa shape index (κ3) is 5.81. The van der Waals surface area contributed by atoms with Crippen molar-refractivity contribution in [3.8, 4) is 0 Å². The van der Waals surface area contributed by atoms with Gasteiger partial charge in [0.15, 0.2) is 0 Å². The number of benzene rings is 2. The van der Waals surface area contributed by atoms with Crippen molar-refractivity contribution in [2.75, 3.05) is 13.1 Å². The highest BCUT2D eigenvalue weighted by atomic mass is 35.5. The fourth-order valence-electron chi connectivity index (χ4n) is 3.55. The minimum atomic E-state index is -3.41. The number of aryl methyl sites for hydroxylation is 1. The summed E-state index contributed by atoms with van der Waals surface area (Å²) in [5.41, 5.74) is 2.95. The van der Waals surface area contributed by atoms with Crippen LogP contribution in [0.15, 0.2) is 48.5 Å². The van der Waals surface area contributed by atoms with E-state index in [1.54, 1.807) is 24.3 Å². The maximum atomic E-state index is 12.7. The molecule has 0 aromatic heterocycles. The van der Waals surface area contributed by atoms with E-state index in [1.807, 2.05) is 38.1 Å². The molecule has 7 heteroatoms. The van der Waals surface area contributed by atoms with Crippen molar-refractivity contribution >= 4 is 27.5 Å². The van der Waals surface area contributed by atoms with Crippen molar-refractivity contribution in [2.24, 2.45) is 5.92 Å². The first-order chi connectivity index (χ1) is 13.7. The molecule has 3 rings (SSSR count). The Labute approximate surface area is 178 Å². The molecule has 2 aromatic rings. The first-order valence-electron chi connectivity index (χ1n) is 9.84. The summed E-state index contributed by atoms with van der Waals surface area (Å²) in [5, 5.41) is 3.65. The van der Waals surface area contributed by atoms with E-state index < -0.39 is 10.0 Å². The second kappa shape index (κ2) is 9.28. The molecular formula is C22H27ClN2O3S. The fourth-order valence-corrected chi connectivity index (χ4v) is 5.24. The molecule has 0 aliphatic carbocycles. The molecule has 0 bridgehead atoms. The summed E-state index contributed by atoms with van der Waals surface area (Å²) in [6.07, 6.45) is 1.07. The van der Waals surface area contributed by atoms with Crippen molar-refractivity contribution in [1.82, 2.24) is 9.62 Å². The van der Waals surface area contributed by atoms with Gasteiger partial charge in [-0.1, -0.05) is 53.6 Å². The highest BCUT2D eigenvalue weighted by molar-refractivity contribution is 7.88. The van der Waals surface area contributed by atoms with Crippen molar-refractivity contribution in [1.29, 1.82) is 0 Å². The van der Waals surface area contributed by atoms with Crippen LogP contribution in [0.5, 0.6) is 0 Å². The molecule has 1 amide bonds. The van der Waals surface area contributed by atoms with E-state index in [4.69, 9.17) is 11.6 Å². The Morgan fingerprint density at radius 3 is 2.28 bits per heavy atom. The molecule has 2 aromatic carbocycles. The number of sulfonamides is 1. The Hall–Kier alpha value is -1.89. The second-order valence-electron chi connectivity index (χ2n) is 7.70. The van der Waals surface area contributed by atoms with Crippen molar-refractivity contribution < 1.29 is 13.2 Å². The second-order valence-corrected chi connectivity index (χ2v) is 10.1. The normalized spacial score (nSPS) is 17.1. The average molecular weight is 435 g/mol. The van der Waals surface area contributed by atoms with Crippen LogP contribution in [0.25, 0.3) is 0 Å². The number of hydrogen-bond acceptors (Lipinski definition) is 3. The third-order valence-corrected chi connectivity index (χ3v) is 7.52. The van der Waals surface area contributed by atoms with Crippen LogP contribution in [0, 0.1) is 12.8 Å². The number of piperidine rings is 1. The molecule has 29 heavy (non-hydrogen) atoms. The van der Waals surface area contributed by atoms with Crippen molar-refractivity contribution in [3.05, 3.63) is 70.2 Å². The number of carbonyl (C=O) groups is 1. The lowest BCUT2D eigenvalue weighted by molar-refractivity contribution is -0.126. The molecule has 1 fully saturated rings. The van der Waals surface area contributed by atoms with E-state index in [-0.39, 0.29) is 23.6 Å². The number of hydrogen-bond donors (Lipinski definition) is 1. The minimum Gasteiger partial charge on any atom is -0.349 e. The van der Waals surface area contributed by atoms with Crippen LogP contribution >= 0.6 is 11.6 Å². The zero-order valence-electron chi connectivity index (χ0n) is 16.8. The van der Waals surface area contributed by atoms with Crippen LogP contribution in [0.4, 0.5) is 0 Å². The number of amides is 1. The van der Waals surface area contributed by atoms with Crippen LogP contribution in [-0.4, -0.2) is 31.7 Å². The summed E-state index contributed by atoms with van der Waals surface area (Å²) in [4.78, 5) is 12.6. The van der Waals surface area contributed by atoms with Crippen LogP contribution < -0.4 is 5.32 Å². The van der Waals surface area contributed by atoms with Gasteiger partial charge in [0.2, 0.25) is 15.9 Å². The molecule has 156 valence electrons. The zero-order valence-corrected chi connectivity index (χ0v) is 18.3. The molecule has 1 aliphatic rings. The van der Waals surface area contributed by atoms with Gasteiger partial charge < -0.3 is 5.32 Å². The molecule has 1 saturated heterocycles. The number of halogens is 1. The van der Waals surface area contributed by atoms with E-state index >= 15 is 0 Å². The van der Waals surface area contributed by atoms with Gasteiger partial charge in [0, 0.05) is 24.0 Å². The first kappa shape index (κ1) is 21.8. The predicted octanol–water partition coefficient (Wildman–Crippen LogP) is 4.07. The van der Waals surface area contributed by atoms with Gasteiger partial charge in [-0.25, -0.2) is 12.7 Å². The van der Waals surface area contributed by atoms with Gasteiger partial charge >= 0.3 is 0 Å².